The van der Waals surface area contributed by atoms with Gasteiger partial charge in [-0.1, -0.05) is 96.8 Å². The molecular weight excluding hydrogens is 368 g/mol. The lowest BCUT2D eigenvalue weighted by molar-refractivity contribution is 0.103. The van der Waals surface area contributed by atoms with Crippen LogP contribution in [0, 0.1) is 11.8 Å². The van der Waals surface area contributed by atoms with Crippen LogP contribution >= 0.6 is 0 Å². The van der Waals surface area contributed by atoms with Gasteiger partial charge in [0, 0.05) is 33.4 Å². The largest absolute Gasteiger partial charge is 0.289 e. The molecule has 0 radical (unpaired) electrons. The summed E-state index contributed by atoms with van der Waals surface area (Å²) >= 11 is 0. The topological polar surface area (TPSA) is 34.1 Å². The molecule has 0 heterocycles. The molecule has 0 atom stereocenters. The number of carbonyl (C=O) groups is 2. The summed E-state index contributed by atoms with van der Waals surface area (Å²) in [6, 6.07) is 32.9. The predicted octanol–water partition coefficient (Wildman–Crippen LogP) is 5.55. The summed E-state index contributed by atoms with van der Waals surface area (Å²) in [5.74, 6) is 6.06. The Bertz CT molecular complexity index is 1160. The van der Waals surface area contributed by atoms with E-state index >= 15 is 0 Å². The molecule has 0 fully saturated rings. The molecule has 0 aliphatic carbocycles. The van der Waals surface area contributed by atoms with Crippen molar-refractivity contribution < 1.29 is 9.59 Å². The highest BCUT2D eigenvalue weighted by Crippen LogP contribution is 2.16. The fraction of sp³-hybridized carbons (Fsp3) is 0. The summed E-state index contributed by atoms with van der Waals surface area (Å²) in [5, 5.41) is 0. The molecule has 0 aliphatic heterocycles. The molecule has 4 rings (SSSR count). The fourth-order valence-corrected chi connectivity index (χ4v) is 3.20. The van der Waals surface area contributed by atoms with Crippen molar-refractivity contribution >= 4 is 11.6 Å². The smallest absolute Gasteiger partial charge is 0.194 e. The standard InChI is InChI=1S/C28H18O2/c29-27(23-13-3-1-4-14-23)25-17-9-7-11-21(25)19-20-22-12-8-10-18-26(22)28(30)24-15-5-2-6-16-24/h1-18H. The van der Waals surface area contributed by atoms with Crippen LogP contribution in [0.4, 0.5) is 0 Å². The maximum atomic E-state index is 12.9. The Morgan fingerprint density at radius 3 is 1.17 bits per heavy atom. The van der Waals surface area contributed by atoms with Gasteiger partial charge in [-0.25, -0.2) is 0 Å². The van der Waals surface area contributed by atoms with Crippen molar-refractivity contribution in [2.45, 2.75) is 0 Å². The SMILES string of the molecule is O=C(c1ccccc1)c1ccccc1C#Cc1ccccc1C(=O)c1ccccc1. The van der Waals surface area contributed by atoms with Gasteiger partial charge in [0.2, 0.25) is 0 Å². The van der Waals surface area contributed by atoms with E-state index in [1.807, 2.05) is 72.8 Å². The second kappa shape index (κ2) is 8.86. The van der Waals surface area contributed by atoms with Crippen molar-refractivity contribution in [2.75, 3.05) is 0 Å². The number of rotatable bonds is 4. The maximum Gasteiger partial charge on any atom is 0.194 e. The first-order valence-electron chi connectivity index (χ1n) is 9.63. The van der Waals surface area contributed by atoms with Crippen molar-refractivity contribution in [2.24, 2.45) is 0 Å². The molecule has 0 saturated carbocycles. The highest BCUT2D eigenvalue weighted by molar-refractivity contribution is 6.11. The van der Waals surface area contributed by atoms with Gasteiger partial charge in [-0.05, 0) is 24.3 Å². The van der Waals surface area contributed by atoms with Gasteiger partial charge in [0.15, 0.2) is 11.6 Å². The summed E-state index contributed by atoms with van der Waals surface area (Å²) in [6.45, 7) is 0. The number of carbonyl (C=O) groups excluding carboxylic acids is 2. The Labute approximate surface area is 175 Å². The molecule has 0 spiro atoms. The molecule has 4 aromatic carbocycles. The molecule has 0 bridgehead atoms. The van der Waals surface area contributed by atoms with Crippen LogP contribution in [0.25, 0.3) is 0 Å². The van der Waals surface area contributed by atoms with Crippen LogP contribution in [-0.2, 0) is 0 Å². The summed E-state index contributed by atoms with van der Waals surface area (Å²) in [6.07, 6.45) is 0. The third kappa shape index (κ3) is 4.11. The van der Waals surface area contributed by atoms with E-state index in [4.69, 9.17) is 0 Å². The van der Waals surface area contributed by atoms with Crippen LogP contribution in [0.15, 0.2) is 109 Å². The summed E-state index contributed by atoms with van der Waals surface area (Å²) in [5.41, 5.74) is 3.59. The third-order valence-corrected chi connectivity index (χ3v) is 4.75. The zero-order chi connectivity index (χ0) is 20.8. The first-order chi connectivity index (χ1) is 14.7. The van der Waals surface area contributed by atoms with E-state index in [2.05, 4.69) is 11.8 Å². The summed E-state index contributed by atoms with van der Waals surface area (Å²) < 4.78 is 0. The lowest BCUT2D eigenvalue weighted by Gasteiger charge is -2.05. The maximum absolute atomic E-state index is 12.9. The predicted molar refractivity (Wildman–Crippen MR) is 119 cm³/mol. The molecule has 30 heavy (non-hydrogen) atoms. The van der Waals surface area contributed by atoms with Gasteiger partial charge >= 0.3 is 0 Å². The average molecular weight is 386 g/mol. The third-order valence-electron chi connectivity index (χ3n) is 4.75. The minimum atomic E-state index is -0.0749. The molecular formula is C28H18O2. The molecule has 0 aromatic heterocycles. The van der Waals surface area contributed by atoms with E-state index < -0.39 is 0 Å². The zero-order valence-electron chi connectivity index (χ0n) is 16.2. The summed E-state index contributed by atoms with van der Waals surface area (Å²) in [7, 11) is 0. The van der Waals surface area contributed by atoms with E-state index in [1.54, 1.807) is 36.4 Å². The van der Waals surface area contributed by atoms with Crippen molar-refractivity contribution in [3.63, 3.8) is 0 Å². The van der Waals surface area contributed by atoms with Gasteiger partial charge in [0.25, 0.3) is 0 Å². The zero-order valence-corrected chi connectivity index (χ0v) is 16.2. The molecule has 0 saturated heterocycles. The minimum Gasteiger partial charge on any atom is -0.289 e. The van der Waals surface area contributed by atoms with Crippen LogP contribution in [0.3, 0.4) is 0 Å². The molecule has 0 aliphatic rings. The van der Waals surface area contributed by atoms with Gasteiger partial charge < -0.3 is 0 Å². The Hall–Kier alpha value is -4.22. The molecule has 2 heteroatoms. The van der Waals surface area contributed by atoms with Crippen LogP contribution in [0.5, 0.6) is 0 Å². The average Bonchev–Trinajstić information content (AvgIpc) is 2.83. The molecule has 4 aromatic rings. The Kier molecular flexibility index (Phi) is 5.64. The lowest BCUT2D eigenvalue weighted by Crippen LogP contribution is -2.04. The first-order valence-corrected chi connectivity index (χ1v) is 9.63. The monoisotopic (exact) mass is 386 g/mol. The first kappa shape index (κ1) is 19.1. The van der Waals surface area contributed by atoms with E-state index in [0.717, 1.165) is 0 Å². The number of hydrogen-bond acceptors (Lipinski definition) is 2. The van der Waals surface area contributed by atoms with Gasteiger partial charge in [-0.3, -0.25) is 9.59 Å². The van der Waals surface area contributed by atoms with Crippen molar-refractivity contribution in [3.8, 4) is 11.8 Å². The summed E-state index contributed by atoms with van der Waals surface area (Å²) in [4.78, 5) is 25.8. The molecule has 0 unspecified atom stereocenters. The van der Waals surface area contributed by atoms with Crippen LogP contribution < -0.4 is 0 Å². The molecule has 142 valence electrons. The van der Waals surface area contributed by atoms with E-state index in [0.29, 0.717) is 33.4 Å². The normalized spacial score (nSPS) is 10.0. The fourth-order valence-electron chi connectivity index (χ4n) is 3.20. The van der Waals surface area contributed by atoms with E-state index in [9.17, 15) is 9.59 Å². The number of ketones is 2. The lowest BCUT2D eigenvalue weighted by atomic mass is 9.96. The highest BCUT2D eigenvalue weighted by atomic mass is 16.1. The quantitative estimate of drug-likeness (QED) is 0.340. The molecule has 0 amide bonds. The number of hydrogen-bond donors (Lipinski definition) is 0. The van der Waals surface area contributed by atoms with Crippen molar-refractivity contribution in [1.82, 2.24) is 0 Å². The van der Waals surface area contributed by atoms with E-state index in [-0.39, 0.29) is 11.6 Å². The highest BCUT2D eigenvalue weighted by Gasteiger charge is 2.13. The van der Waals surface area contributed by atoms with Crippen LogP contribution in [0.1, 0.15) is 43.0 Å². The second-order valence-electron chi connectivity index (χ2n) is 6.73. The van der Waals surface area contributed by atoms with Gasteiger partial charge in [-0.2, -0.15) is 0 Å². The van der Waals surface area contributed by atoms with E-state index in [1.165, 1.54) is 0 Å². The second-order valence-corrected chi connectivity index (χ2v) is 6.73. The van der Waals surface area contributed by atoms with Gasteiger partial charge in [0.1, 0.15) is 0 Å². The molecule has 0 N–H and O–H groups in total. The van der Waals surface area contributed by atoms with Crippen LogP contribution in [-0.4, -0.2) is 11.6 Å². The molecule has 2 nitrogen and oxygen atoms in total. The Morgan fingerprint density at radius 1 is 0.433 bits per heavy atom. The van der Waals surface area contributed by atoms with Crippen LogP contribution in [0.2, 0.25) is 0 Å². The van der Waals surface area contributed by atoms with Crippen molar-refractivity contribution in [1.29, 1.82) is 0 Å². The number of benzene rings is 4. The van der Waals surface area contributed by atoms with Gasteiger partial charge in [-0.15, -0.1) is 0 Å². The van der Waals surface area contributed by atoms with Crippen molar-refractivity contribution in [3.05, 3.63) is 143 Å². The minimum absolute atomic E-state index is 0.0749. The Morgan fingerprint density at radius 2 is 0.767 bits per heavy atom. The van der Waals surface area contributed by atoms with Gasteiger partial charge in [0.05, 0.1) is 0 Å². The Balaban J connectivity index is 1.71.